The van der Waals surface area contributed by atoms with Crippen molar-refractivity contribution in [3.63, 3.8) is 0 Å². The number of aliphatic hydroxyl groups is 1. The van der Waals surface area contributed by atoms with E-state index in [-0.39, 0.29) is 24.0 Å². The van der Waals surface area contributed by atoms with Gasteiger partial charge in [0.15, 0.2) is 5.96 Å². The van der Waals surface area contributed by atoms with Gasteiger partial charge in [-0.2, -0.15) is 0 Å². The van der Waals surface area contributed by atoms with Crippen molar-refractivity contribution in [1.82, 2.24) is 10.2 Å². The van der Waals surface area contributed by atoms with E-state index in [0.29, 0.717) is 17.0 Å². The van der Waals surface area contributed by atoms with E-state index in [1.165, 1.54) is 0 Å². The fourth-order valence-corrected chi connectivity index (χ4v) is 3.64. The largest absolute Gasteiger partial charge is 0.387 e. The highest BCUT2D eigenvalue weighted by atomic mass is 127. The molecule has 2 heterocycles. The summed E-state index contributed by atoms with van der Waals surface area (Å²) in [6, 6.07) is 7.32. The summed E-state index contributed by atoms with van der Waals surface area (Å²) in [6.07, 6.45) is 1.66. The van der Waals surface area contributed by atoms with Gasteiger partial charge in [-0.15, -0.1) is 24.0 Å². The summed E-state index contributed by atoms with van der Waals surface area (Å²) in [6.45, 7) is 4.09. The van der Waals surface area contributed by atoms with Crippen LogP contribution in [-0.2, 0) is 4.74 Å². The van der Waals surface area contributed by atoms with Crippen LogP contribution in [-0.4, -0.2) is 55.9 Å². The number of aliphatic imine (C=N–C) groups is 1. The molecule has 2 aliphatic heterocycles. The SMILES string of the molecule is CN=C(NCC(O)c1cccc(Cl)c1)N1CCC2(CCOC2)C1.I. The van der Waals surface area contributed by atoms with E-state index in [0.717, 1.165) is 50.7 Å². The van der Waals surface area contributed by atoms with Crippen LogP contribution >= 0.6 is 35.6 Å². The van der Waals surface area contributed by atoms with E-state index in [4.69, 9.17) is 16.3 Å². The van der Waals surface area contributed by atoms with E-state index < -0.39 is 6.10 Å². The number of halogens is 2. The van der Waals surface area contributed by atoms with Gasteiger partial charge in [0.1, 0.15) is 0 Å². The van der Waals surface area contributed by atoms with Crippen LogP contribution in [0.5, 0.6) is 0 Å². The fraction of sp³-hybridized carbons (Fsp3) is 0.588. The standard InChI is InChI=1S/C17H24ClN3O2.HI/c1-19-16(21-7-5-17(11-21)6-8-23-12-17)20-10-15(22)13-3-2-4-14(18)9-13;/h2-4,9,15,22H,5-8,10-12H2,1H3,(H,19,20);1H. The smallest absolute Gasteiger partial charge is 0.193 e. The highest BCUT2D eigenvalue weighted by molar-refractivity contribution is 14.0. The van der Waals surface area contributed by atoms with Crippen LogP contribution in [0.4, 0.5) is 0 Å². The second kappa shape index (κ2) is 8.69. The van der Waals surface area contributed by atoms with Crippen molar-refractivity contribution in [1.29, 1.82) is 0 Å². The highest BCUT2D eigenvalue weighted by Crippen LogP contribution is 2.38. The van der Waals surface area contributed by atoms with Crippen molar-refractivity contribution in [3.05, 3.63) is 34.9 Å². The molecule has 2 atom stereocenters. The van der Waals surface area contributed by atoms with Gasteiger partial charge in [0.05, 0.1) is 12.7 Å². The lowest BCUT2D eigenvalue weighted by Crippen LogP contribution is -2.42. The predicted molar refractivity (Wildman–Crippen MR) is 107 cm³/mol. The van der Waals surface area contributed by atoms with Crippen LogP contribution in [0.3, 0.4) is 0 Å². The lowest BCUT2D eigenvalue weighted by Gasteiger charge is -2.25. The normalized spacial score (nSPS) is 25.0. The minimum atomic E-state index is -0.614. The Hall–Kier alpha value is -0.570. The molecule has 134 valence electrons. The summed E-state index contributed by atoms with van der Waals surface area (Å²) in [5, 5.41) is 14.2. The molecule has 1 spiro atoms. The summed E-state index contributed by atoms with van der Waals surface area (Å²) >= 11 is 5.98. The number of nitrogens with one attached hydrogen (secondary N) is 1. The third-order valence-electron chi connectivity index (χ3n) is 4.82. The second-order valence-electron chi connectivity index (χ2n) is 6.47. The van der Waals surface area contributed by atoms with Crippen LogP contribution in [0.1, 0.15) is 24.5 Å². The van der Waals surface area contributed by atoms with Crippen LogP contribution in [0.2, 0.25) is 5.02 Å². The maximum Gasteiger partial charge on any atom is 0.193 e. The lowest BCUT2D eigenvalue weighted by molar-refractivity contribution is 0.156. The van der Waals surface area contributed by atoms with Gasteiger partial charge >= 0.3 is 0 Å². The molecule has 0 bridgehead atoms. The van der Waals surface area contributed by atoms with E-state index in [1.807, 2.05) is 12.1 Å². The predicted octanol–water partition coefficient (Wildman–Crippen LogP) is 2.68. The minimum Gasteiger partial charge on any atom is -0.387 e. The molecule has 7 heteroatoms. The monoisotopic (exact) mass is 465 g/mol. The number of guanidine groups is 1. The topological polar surface area (TPSA) is 57.1 Å². The minimum absolute atomic E-state index is 0. The van der Waals surface area contributed by atoms with Crippen molar-refractivity contribution >= 4 is 41.5 Å². The molecule has 0 aromatic heterocycles. The molecule has 1 aromatic carbocycles. The van der Waals surface area contributed by atoms with Gasteiger partial charge in [0, 0.05) is 43.7 Å². The van der Waals surface area contributed by atoms with Crippen molar-refractivity contribution < 1.29 is 9.84 Å². The van der Waals surface area contributed by atoms with Crippen molar-refractivity contribution in [3.8, 4) is 0 Å². The Bertz CT molecular complexity index is 579. The number of hydrogen-bond donors (Lipinski definition) is 2. The van der Waals surface area contributed by atoms with Gasteiger partial charge in [-0.25, -0.2) is 0 Å². The molecule has 3 rings (SSSR count). The van der Waals surface area contributed by atoms with Gasteiger partial charge in [0.2, 0.25) is 0 Å². The van der Waals surface area contributed by atoms with Gasteiger partial charge in [0.25, 0.3) is 0 Å². The Kier molecular flexibility index (Phi) is 7.15. The first-order chi connectivity index (χ1) is 11.1. The molecule has 2 unspecified atom stereocenters. The molecule has 2 fully saturated rings. The van der Waals surface area contributed by atoms with E-state index in [2.05, 4.69) is 15.2 Å². The zero-order chi connectivity index (χ0) is 16.3. The zero-order valence-corrected chi connectivity index (χ0v) is 17.0. The molecule has 0 aliphatic carbocycles. The summed E-state index contributed by atoms with van der Waals surface area (Å²) in [4.78, 5) is 6.62. The summed E-state index contributed by atoms with van der Waals surface area (Å²) < 4.78 is 5.57. The second-order valence-corrected chi connectivity index (χ2v) is 6.91. The average molecular weight is 466 g/mol. The molecule has 0 saturated carbocycles. The van der Waals surface area contributed by atoms with Gasteiger partial charge in [-0.05, 0) is 30.5 Å². The first-order valence-corrected chi connectivity index (χ1v) is 8.47. The molecule has 5 nitrogen and oxygen atoms in total. The quantitative estimate of drug-likeness (QED) is 0.409. The Morgan fingerprint density at radius 2 is 2.33 bits per heavy atom. The first-order valence-electron chi connectivity index (χ1n) is 8.09. The Balaban J connectivity index is 0.00000208. The van der Waals surface area contributed by atoms with Crippen LogP contribution in [0.15, 0.2) is 29.3 Å². The van der Waals surface area contributed by atoms with Crippen LogP contribution < -0.4 is 5.32 Å². The number of benzene rings is 1. The van der Waals surface area contributed by atoms with E-state index in [9.17, 15) is 5.11 Å². The van der Waals surface area contributed by atoms with Gasteiger partial charge < -0.3 is 20.1 Å². The molecule has 2 aliphatic rings. The summed E-state index contributed by atoms with van der Waals surface area (Å²) in [7, 11) is 1.78. The van der Waals surface area contributed by atoms with Gasteiger partial charge in [-0.3, -0.25) is 4.99 Å². The maximum atomic E-state index is 10.3. The number of rotatable bonds is 3. The Morgan fingerprint density at radius 3 is 3.00 bits per heavy atom. The molecular weight excluding hydrogens is 441 g/mol. The Labute approximate surface area is 165 Å². The van der Waals surface area contributed by atoms with Crippen molar-refractivity contribution in [2.75, 3.05) is 39.9 Å². The number of likely N-dealkylation sites (tertiary alicyclic amines) is 1. The van der Waals surface area contributed by atoms with E-state index >= 15 is 0 Å². The third kappa shape index (κ3) is 4.53. The number of nitrogens with zero attached hydrogens (tertiary/aromatic N) is 2. The van der Waals surface area contributed by atoms with Crippen LogP contribution in [0.25, 0.3) is 0 Å². The van der Waals surface area contributed by atoms with Crippen LogP contribution in [0, 0.1) is 5.41 Å². The summed E-state index contributed by atoms with van der Waals surface area (Å²) in [5.41, 5.74) is 1.10. The molecule has 24 heavy (non-hydrogen) atoms. The number of hydrogen-bond acceptors (Lipinski definition) is 3. The zero-order valence-electron chi connectivity index (χ0n) is 13.9. The summed E-state index contributed by atoms with van der Waals surface area (Å²) in [5.74, 6) is 0.842. The molecule has 0 amide bonds. The average Bonchev–Trinajstić information content (AvgIpc) is 3.18. The highest BCUT2D eigenvalue weighted by Gasteiger charge is 2.42. The molecule has 2 N–H and O–H groups in total. The molecule has 1 aromatic rings. The molecular formula is C17H25ClIN3O2. The number of ether oxygens (including phenoxy) is 1. The molecule has 0 radical (unpaired) electrons. The molecule has 2 saturated heterocycles. The fourth-order valence-electron chi connectivity index (χ4n) is 3.44. The lowest BCUT2D eigenvalue weighted by atomic mass is 9.87. The van der Waals surface area contributed by atoms with E-state index in [1.54, 1.807) is 19.2 Å². The maximum absolute atomic E-state index is 10.3. The third-order valence-corrected chi connectivity index (χ3v) is 5.06. The number of aliphatic hydroxyl groups excluding tert-OH is 1. The first kappa shape index (κ1) is 19.8. The van der Waals surface area contributed by atoms with Crippen molar-refractivity contribution in [2.24, 2.45) is 10.4 Å². The van der Waals surface area contributed by atoms with Crippen molar-refractivity contribution in [2.45, 2.75) is 18.9 Å². The Morgan fingerprint density at radius 1 is 1.50 bits per heavy atom. The van der Waals surface area contributed by atoms with Gasteiger partial charge in [-0.1, -0.05) is 23.7 Å².